The number of hydrogen-bond acceptors (Lipinski definition) is 3. The summed E-state index contributed by atoms with van der Waals surface area (Å²) < 4.78 is 0. The second kappa shape index (κ2) is 3.82. The van der Waals surface area contributed by atoms with Gasteiger partial charge in [-0.05, 0) is 18.3 Å². The molecule has 0 aromatic heterocycles. The van der Waals surface area contributed by atoms with Crippen molar-refractivity contribution in [2.45, 2.75) is 57.9 Å². The van der Waals surface area contributed by atoms with E-state index < -0.39 is 5.54 Å². The minimum absolute atomic E-state index is 0.0940. The van der Waals surface area contributed by atoms with Crippen molar-refractivity contribution in [1.29, 1.82) is 5.26 Å². The van der Waals surface area contributed by atoms with Gasteiger partial charge in [-0.25, -0.2) is 0 Å². The van der Waals surface area contributed by atoms with Crippen LogP contribution >= 0.6 is 0 Å². The summed E-state index contributed by atoms with van der Waals surface area (Å²) in [6, 6.07) is 2.31. The molecule has 2 aliphatic carbocycles. The molecule has 1 saturated heterocycles. The number of likely N-dealkylation sites (tertiary alicyclic amines) is 1. The Balaban J connectivity index is 1.92. The van der Waals surface area contributed by atoms with Crippen LogP contribution in [0.25, 0.3) is 0 Å². The number of nitrogens with zero attached hydrogens (tertiary/aromatic N) is 2. The standard InChI is InChI=1S/C15H20N2O2/c1-14(2)10-11(14)13(19)17(12(10)18)15(9-16)7-5-3-4-6-8-15/h10-11H,3-8H2,1-2H3. The van der Waals surface area contributed by atoms with Crippen molar-refractivity contribution in [3.05, 3.63) is 0 Å². The first-order valence-corrected chi connectivity index (χ1v) is 7.25. The Hall–Kier alpha value is -1.37. The summed E-state index contributed by atoms with van der Waals surface area (Å²) in [5, 5.41) is 9.60. The van der Waals surface area contributed by atoms with E-state index in [9.17, 15) is 14.9 Å². The van der Waals surface area contributed by atoms with E-state index in [1.165, 1.54) is 4.90 Å². The highest BCUT2D eigenvalue weighted by molar-refractivity contribution is 6.11. The molecule has 4 heteroatoms. The van der Waals surface area contributed by atoms with Gasteiger partial charge in [0.25, 0.3) is 0 Å². The molecule has 4 nitrogen and oxygen atoms in total. The zero-order valence-corrected chi connectivity index (χ0v) is 11.6. The molecule has 0 radical (unpaired) electrons. The lowest BCUT2D eigenvalue weighted by molar-refractivity contribution is -0.149. The molecule has 1 aliphatic heterocycles. The summed E-state index contributed by atoms with van der Waals surface area (Å²) in [6.07, 6.45) is 5.37. The highest BCUT2D eigenvalue weighted by atomic mass is 16.2. The predicted molar refractivity (Wildman–Crippen MR) is 68.7 cm³/mol. The third kappa shape index (κ3) is 1.51. The van der Waals surface area contributed by atoms with Crippen LogP contribution in [0.5, 0.6) is 0 Å². The van der Waals surface area contributed by atoms with Crippen LogP contribution in [0.3, 0.4) is 0 Å². The van der Waals surface area contributed by atoms with Crippen LogP contribution < -0.4 is 0 Å². The summed E-state index contributed by atoms with van der Waals surface area (Å²) in [5.74, 6) is -0.533. The summed E-state index contributed by atoms with van der Waals surface area (Å²) in [4.78, 5) is 26.4. The number of amides is 2. The first-order valence-electron chi connectivity index (χ1n) is 7.25. The Morgan fingerprint density at radius 2 is 1.53 bits per heavy atom. The molecule has 3 fully saturated rings. The lowest BCUT2D eigenvalue weighted by atomic mass is 9.88. The first kappa shape index (κ1) is 12.7. The van der Waals surface area contributed by atoms with Crippen LogP contribution in [-0.2, 0) is 9.59 Å². The van der Waals surface area contributed by atoms with Gasteiger partial charge in [0.1, 0.15) is 5.54 Å². The number of carbonyl (C=O) groups is 2. The van der Waals surface area contributed by atoms with Crippen molar-refractivity contribution in [2.75, 3.05) is 0 Å². The van der Waals surface area contributed by atoms with E-state index in [1.807, 2.05) is 13.8 Å². The molecule has 3 aliphatic rings. The molecule has 2 atom stereocenters. The maximum Gasteiger partial charge on any atom is 0.235 e. The Kier molecular flexibility index (Phi) is 2.54. The zero-order valence-electron chi connectivity index (χ0n) is 11.6. The summed E-state index contributed by atoms with van der Waals surface area (Å²) in [6.45, 7) is 3.95. The fraction of sp³-hybridized carbons (Fsp3) is 0.800. The molecule has 2 saturated carbocycles. The quantitative estimate of drug-likeness (QED) is 0.536. The van der Waals surface area contributed by atoms with E-state index in [0.29, 0.717) is 12.8 Å². The average Bonchev–Trinajstić information content (AvgIpc) is 2.92. The van der Waals surface area contributed by atoms with E-state index in [1.54, 1.807) is 0 Å². The highest BCUT2D eigenvalue weighted by Gasteiger charge is 2.74. The van der Waals surface area contributed by atoms with Crippen molar-refractivity contribution in [3.63, 3.8) is 0 Å². The fourth-order valence-corrected chi connectivity index (χ4v) is 4.07. The van der Waals surface area contributed by atoms with Crippen LogP contribution in [0.15, 0.2) is 0 Å². The molecule has 0 bridgehead atoms. The number of hydrogen-bond donors (Lipinski definition) is 0. The third-order valence-electron chi connectivity index (χ3n) is 5.37. The molecule has 2 unspecified atom stereocenters. The summed E-state index contributed by atoms with van der Waals surface area (Å²) in [7, 11) is 0. The van der Waals surface area contributed by atoms with E-state index in [4.69, 9.17) is 0 Å². The van der Waals surface area contributed by atoms with Gasteiger partial charge in [0.05, 0.1) is 17.9 Å². The third-order valence-corrected chi connectivity index (χ3v) is 5.37. The van der Waals surface area contributed by atoms with Gasteiger partial charge in [-0.15, -0.1) is 0 Å². The highest BCUT2D eigenvalue weighted by Crippen LogP contribution is 2.64. The van der Waals surface area contributed by atoms with Gasteiger partial charge in [0.2, 0.25) is 11.8 Å². The van der Waals surface area contributed by atoms with Crippen molar-refractivity contribution >= 4 is 11.8 Å². The maximum absolute atomic E-state index is 12.5. The van der Waals surface area contributed by atoms with Gasteiger partial charge >= 0.3 is 0 Å². The van der Waals surface area contributed by atoms with Gasteiger partial charge in [0.15, 0.2) is 0 Å². The minimum Gasteiger partial charge on any atom is -0.274 e. The van der Waals surface area contributed by atoms with Crippen LogP contribution in [0, 0.1) is 28.6 Å². The zero-order chi connectivity index (χ0) is 13.8. The first-order chi connectivity index (χ1) is 8.96. The monoisotopic (exact) mass is 260 g/mol. The number of piperidine rings is 1. The number of carbonyl (C=O) groups excluding carboxylic acids is 2. The van der Waals surface area contributed by atoms with Crippen LogP contribution in [0.1, 0.15) is 52.4 Å². The molecule has 0 N–H and O–H groups in total. The maximum atomic E-state index is 12.5. The van der Waals surface area contributed by atoms with E-state index in [0.717, 1.165) is 25.7 Å². The average molecular weight is 260 g/mol. The van der Waals surface area contributed by atoms with Gasteiger partial charge in [-0.1, -0.05) is 39.5 Å². The topological polar surface area (TPSA) is 61.2 Å². The van der Waals surface area contributed by atoms with Gasteiger partial charge in [-0.2, -0.15) is 5.26 Å². The molecule has 3 rings (SSSR count). The molecule has 0 spiro atoms. The molecule has 0 aromatic carbocycles. The Bertz CT molecular complexity index is 457. The molecule has 1 heterocycles. The number of nitriles is 1. The smallest absolute Gasteiger partial charge is 0.235 e. The van der Waals surface area contributed by atoms with Crippen molar-refractivity contribution < 1.29 is 9.59 Å². The molecule has 102 valence electrons. The normalized spacial score (nSPS) is 35.5. The molecular formula is C15H20N2O2. The van der Waals surface area contributed by atoms with Gasteiger partial charge in [-0.3, -0.25) is 14.5 Å². The van der Waals surface area contributed by atoms with Crippen LogP contribution in [0.2, 0.25) is 0 Å². The largest absolute Gasteiger partial charge is 0.274 e. The summed E-state index contributed by atoms with van der Waals surface area (Å²) >= 11 is 0. The van der Waals surface area contributed by atoms with Crippen LogP contribution in [0.4, 0.5) is 0 Å². The Labute approximate surface area is 113 Å². The van der Waals surface area contributed by atoms with E-state index in [2.05, 4.69) is 6.07 Å². The molecule has 0 aromatic rings. The van der Waals surface area contributed by atoms with Gasteiger partial charge in [0, 0.05) is 0 Å². The predicted octanol–water partition coefficient (Wildman–Crippen LogP) is 2.24. The van der Waals surface area contributed by atoms with Gasteiger partial charge < -0.3 is 0 Å². The SMILES string of the molecule is CC1(C)C2C(=O)N(C3(C#N)CCCCCC3)C(=O)C21. The van der Waals surface area contributed by atoms with E-state index in [-0.39, 0.29) is 29.1 Å². The van der Waals surface area contributed by atoms with Crippen LogP contribution in [-0.4, -0.2) is 22.3 Å². The molecule has 2 amide bonds. The lowest BCUT2D eigenvalue weighted by Gasteiger charge is -2.36. The Morgan fingerprint density at radius 3 is 1.95 bits per heavy atom. The fourth-order valence-electron chi connectivity index (χ4n) is 4.07. The molecular weight excluding hydrogens is 240 g/mol. The van der Waals surface area contributed by atoms with Crippen molar-refractivity contribution in [2.24, 2.45) is 17.3 Å². The lowest BCUT2D eigenvalue weighted by Crippen LogP contribution is -2.53. The number of imide groups is 1. The summed E-state index contributed by atoms with van der Waals surface area (Å²) in [5.41, 5.74) is -1.04. The molecule has 19 heavy (non-hydrogen) atoms. The second-order valence-electron chi connectivity index (χ2n) is 6.85. The van der Waals surface area contributed by atoms with E-state index >= 15 is 0 Å². The number of fused-ring (bicyclic) bond motifs is 1. The van der Waals surface area contributed by atoms with Crippen molar-refractivity contribution in [1.82, 2.24) is 4.90 Å². The Morgan fingerprint density at radius 1 is 1.05 bits per heavy atom. The van der Waals surface area contributed by atoms with Crippen molar-refractivity contribution in [3.8, 4) is 6.07 Å². The number of rotatable bonds is 1. The minimum atomic E-state index is -0.853. The second-order valence-corrected chi connectivity index (χ2v) is 6.85.